The number of aromatic nitrogens is 2. The average Bonchev–Trinajstić information content (AvgIpc) is 2.78. The van der Waals surface area contributed by atoms with Gasteiger partial charge in [0.1, 0.15) is 5.69 Å². The van der Waals surface area contributed by atoms with Crippen LogP contribution < -0.4 is 5.32 Å². The lowest BCUT2D eigenvalue weighted by Crippen LogP contribution is -2.14. The molecule has 0 aliphatic carbocycles. The van der Waals surface area contributed by atoms with E-state index >= 15 is 0 Å². The molecule has 1 aromatic heterocycles. The number of amides is 1. The minimum absolute atomic E-state index is 0.155. The van der Waals surface area contributed by atoms with E-state index in [2.05, 4.69) is 15.5 Å². The number of hydrogen-bond donors (Lipinski definition) is 2. The molecule has 0 fully saturated rings. The van der Waals surface area contributed by atoms with Gasteiger partial charge < -0.3 is 5.32 Å². The Labute approximate surface area is 132 Å². The van der Waals surface area contributed by atoms with Crippen LogP contribution in [0.2, 0.25) is 0 Å². The number of alkyl halides is 3. The third kappa shape index (κ3) is 4.12. The molecule has 1 heterocycles. The topological polar surface area (TPSA) is 57.8 Å². The number of benzene rings is 1. The summed E-state index contributed by atoms with van der Waals surface area (Å²) in [6.07, 6.45) is -4.02. The Morgan fingerprint density at radius 2 is 1.87 bits per heavy atom. The standard InChI is InChI=1S/C16H18F3N3O/c1-9(2)8-13(23)20-14-10(3)21-22-15(14)11-4-6-12(7-5-11)16(17,18)19/h4-7,9H,8H2,1-3H3,(H,20,23)(H,21,22). The second-order valence-corrected chi connectivity index (χ2v) is 5.79. The molecule has 0 saturated heterocycles. The second kappa shape index (κ2) is 6.44. The Morgan fingerprint density at radius 3 is 2.39 bits per heavy atom. The van der Waals surface area contributed by atoms with Gasteiger partial charge in [-0.3, -0.25) is 9.89 Å². The van der Waals surface area contributed by atoms with Crippen LogP contribution in [-0.2, 0) is 11.0 Å². The fraction of sp³-hybridized carbons (Fsp3) is 0.375. The van der Waals surface area contributed by atoms with Crippen molar-refractivity contribution in [2.75, 3.05) is 5.32 Å². The average molecular weight is 325 g/mol. The monoisotopic (exact) mass is 325 g/mol. The first-order valence-electron chi connectivity index (χ1n) is 7.21. The number of H-pyrrole nitrogens is 1. The summed E-state index contributed by atoms with van der Waals surface area (Å²) in [7, 11) is 0. The van der Waals surface area contributed by atoms with Crippen molar-refractivity contribution in [3.63, 3.8) is 0 Å². The molecule has 2 rings (SSSR count). The Kier molecular flexibility index (Phi) is 4.77. The molecular weight excluding hydrogens is 307 g/mol. The normalized spacial score (nSPS) is 11.8. The number of aryl methyl sites for hydroxylation is 1. The van der Waals surface area contributed by atoms with Crippen LogP contribution in [0, 0.1) is 12.8 Å². The number of nitrogens with one attached hydrogen (secondary N) is 2. The third-order valence-electron chi connectivity index (χ3n) is 3.29. The second-order valence-electron chi connectivity index (χ2n) is 5.79. The van der Waals surface area contributed by atoms with E-state index in [4.69, 9.17) is 0 Å². The van der Waals surface area contributed by atoms with Crippen LogP contribution >= 0.6 is 0 Å². The minimum atomic E-state index is -4.38. The van der Waals surface area contributed by atoms with E-state index in [-0.39, 0.29) is 11.8 Å². The van der Waals surface area contributed by atoms with Gasteiger partial charge in [-0.25, -0.2) is 0 Å². The van der Waals surface area contributed by atoms with Crippen LogP contribution in [0.5, 0.6) is 0 Å². The summed E-state index contributed by atoms with van der Waals surface area (Å²) in [4.78, 5) is 11.9. The van der Waals surface area contributed by atoms with Crippen LogP contribution in [0.3, 0.4) is 0 Å². The molecule has 4 nitrogen and oxygen atoms in total. The predicted octanol–water partition coefficient (Wildman–Crippen LogP) is 4.39. The van der Waals surface area contributed by atoms with Crippen LogP contribution in [0.15, 0.2) is 24.3 Å². The van der Waals surface area contributed by atoms with Crippen molar-refractivity contribution < 1.29 is 18.0 Å². The fourth-order valence-electron chi connectivity index (χ4n) is 2.17. The molecule has 1 amide bonds. The fourth-order valence-corrected chi connectivity index (χ4v) is 2.17. The van der Waals surface area contributed by atoms with Crippen LogP contribution in [0.1, 0.15) is 31.5 Å². The van der Waals surface area contributed by atoms with Crippen molar-refractivity contribution >= 4 is 11.6 Å². The lowest BCUT2D eigenvalue weighted by molar-refractivity contribution is -0.137. The molecule has 0 bridgehead atoms. The van der Waals surface area contributed by atoms with E-state index < -0.39 is 11.7 Å². The number of halogens is 3. The molecule has 0 aliphatic rings. The summed E-state index contributed by atoms with van der Waals surface area (Å²) in [6, 6.07) is 4.69. The highest BCUT2D eigenvalue weighted by atomic mass is 19.4. The van der Waals surface area contributed by atoms with Crippen molar-refractivity contribution in [2.24, 2.45) is 5.92 Å². The van der Waals surface area contributed by atoms with Crippen molar-refractivity contribution in [2.45, 2.75) is 33.4 Å². The van der Waals surface area contributed by atoms with Crippen molar-refractivity contribution in [3.8, 4) is 11.3 Å². The Balaban J connectivity index is 2.29. The molecule has 0 radical (unpaired) electrons. The maximum atomic E-state index is 12.6. The van der Waals surface area contributed by atoms with Gasteiger partial charge in [-0.1, -0.05) is 26.0 Å². The zero-order chi connectivity index (χ0) is 17.2. The van der Waals surface area contributed by atoms with E-state index in [1.807, 2.05) is 13.8 Å². The van der Waals surface area contributed by atoms with E-state index in [9.17, 15) is 18.0 Å². The smallest absolute Gasteiger partial charge is 0.323 e. The summed E-state index contributed by atoms with van der Waals surface area (Å²) >= 11 is 0. The first-order chi connectivity index (χ1) is 10.7. The zero-order valence-corrected chi connectivity index (χ0v) is 13.1. The maximum absolute atomic E-state index is 12.6. The van der Waals surface area contributed by atoms with E-state index in [1.54, 1.807) is 6.92 Å². The molecule has 2 N–H and O–H groups in total. The van der Waals surface area contributed by atoms with E-state index in [0.717, 1.165) is 12.1 Å². The summed E-state index contributed by atoms with van der Waals surface area (Å²) in [5.74, 6) is 0.0504. The molecule has 0 aliphatic heterocycles. The first-order valence-corrected chi connectivity index (χ1v) is 7.21. The van der Waals surface area contributed by atoms with E-state index in [1.165, 1.54) is 12.1 Å². The number of carbonyl (C=O) groups excluding carboxylic acids is 1. The van der Waals surface area contributed by atoms with Gasteiger partial charge in [0.15, 0.2) is 0 Å². The molecule has 0 unspecified atom stereocenters. The highest BCUT2D eigenvalue weighted by molar-refractivity contribution is 5.95. The lowest BCUT2D eigenvalue weighted by Gasteiger charge is -2.10. The van der Waals surface area contributed by atoms with Gasteiger partial charge in [-0.15, -0.1) is 0 Å². The zero-order valence-electron chi connectivity index (χ0n) is 13.1. The number of anilines is 1. The SMILES string of the molecule is Cc1[nH]nc(-c2ccc(C(F)(F)F)cc2)c1NC(=O)CC(C)C. The Bertz CT molecular complexity index is 688. The lowest BCUT2D eigenvalue weighted by atomic mass is 10.1. The van der Waals surface area contributed by atoms with Crippen LogP contribution in [-0.4, -0.2) is 16.1 Å². The minimum Gasteiger partial charge on any atom is -0.323 e. The molecule has 2 aromatic rings. The van der Waals surface area contributed by atoms with Gasteiger partial charge in [0.25, 0.3) is 0 Å². The highest BCUT2D eigenvalue weighted by Gasteiger charge is 2.30. The van der Waals surface area contributed by atoms with Gasteiger partial charge in [0.2, 0.25) is 5.91 Å². The summed E-state index contributed by atoms with van der Waals surface area (Å²) < 4.78 is 37.9. The Morgan fingerprint density at radius 1 is 1.26 bits per heavy atom. The number of nitrogens with zero attached hydrogens (tertiary/aromatic N) is 1. The number of rotatable bonds is 4. The van der Waals surface area contributed by atoms with Crippen molar-refractivity contribution in [1.29, 1.82) is 0 Å². The van der Waals surface area contributed by atoms with Gasteiger partial charge in [0.05, 0.1) is 16.9 Å². The molecule has 0 spiro atoms. The molecule has 124 valence electrons. The maximum Gasteiger partial charge on any atom is 0.416 e. The molecule has 0 atom stereocenters. The quantitative estimate of drug-likeness (QED) is 0.876. The summed E-state index contributed by atoms with van der Waals surface area (Å²) in [6.45, 7) is 5.60. The summed E-state index contributed by atoms with van der Waals surface area (Å²) in [5.41, 5.74) is 1.35. The molecule has 23 heavy (non-hydrogen) atoms. The van der Waals surface area contributed by atoms with Gasteiger partial charge in [-0.05, 0) is 25.0 Å². The highest BCUT2D eigenvalue weighted by Crippen LogP contribution is 2.33. The number of aromatic amines is 1. The first kappa shape index (κ1) is 17.1. The number of hydrogen-bond acceptors (Lipinski definition) is 2. The Hall–Kier alpha value is -2.31. The van der Waals surface area contributed by atoms with Gasteiger partial charge >= 0.3 is 6.18 Å². The van der Waals surface area contributed by atoms with Crippen LogP contribution in [0.4, 0.5) is 18.9 Å². The predicted molar refractivity (Wildman–Crippen MR) is 81.8 cm³/mol. The summed E-state index contributed by atoms with van der Waals surface area (Å²) in [5, 5.41) is 9.62. The number of carbonyl (C=O) groups is 1. The van der Waals surface area contributed by atoms with Crippen molar-refractivity contribution in [3.05, 3.63) is 35.5 Å². The van der Waals surface area contributed by atoms with Gasteiger partial charge in [-0.2, -0.15) is 18.3 Å². The van der Waals surface area contributed by atoms with Gasteiger partial charge in [0, 0.05) is 12.0 Å². The van der Waals surface area contributed by atoms with E-state index in [0.29, 0.717) is 29.1 Å². The molecule has 1 aromatic carbocycles. The molecule has 7 heteroatoms. The molecule has 0 saturated carbocycles. The van der Waals surface area contributed by atoms with Crippen molar-refractivity contribution in [1.82, 2.24) is 10.2 Å². The molecular formula is C16H18F3N3O. The van der Waals surface area contributed by atoms with Crippen LogP contribution in [0.25, 0.3) is 11.3 Å². The largest absolute Gasteiger partial charge is 0.416 e. The third-order valence-corrected chi connectivity index (χ3v) is 3.29.